The van der Waals surface area contributed by atoms with Crippen LogP contribution < -0.4 is 10.6 Å². The summed E-state index contributed by atoms with van der Waals surface area (Å²) in [6.45, 7) is 0.418. The molecule has 0 aliphatic rings. The lowest BCUT2D eigenvalue weighted by Gasteiger charge is -2.08. The summed E-state index contributed by atoms with van der Waals surface area (Å²) in [6.07, 6.45) is 5.06. The monoisotopic (exact) mass is 327 g/mol. The largest absolute Gasteiger partial charge is 0.334 e. The van der Waals surface area contributed by atoms with Crippen molar-refractivity contribution >= 4 is 23.3 Å². The smallest absolute Gasteiger partial charge is 0.319 e. The van der Waals surface area contributed by atoms with Crippen LogP contribution in [-0.2, 0) is 6.54 Å². The van der Waals surface area contributed by atoms with Gasteiger partial charge in [0.2, 0.25) is 0 Å². The van der Waals surface area contributed by atoms with Gasteiger partial charge in [-0.1, -0.05) is 23.7 Å². The van der Waals surface area contributed by atoms with Crippen molar-refractivity contribution in [3.05, 3.63) is 71.6 Å². The summed E-state index contributed by atoms with van der Waals surface area (Å²) in [7, 11) is 0. The van der Waals surface area contributed by atoms with E-state index in [1.165, 1.54) is 0 Å². The normalized spacial score (nSPS) is 10.3. The quantitative estimate of drug-likeness (QED) is 0.772. The van der Waals surface area contributed by atoms with E-state index in [2.05, 4.69) is 20.7 Å². The first-order chi connectivity index (χ1) is 11.2. The van der Waals surface area contributed by atoms with Crippen molar-refractivity contribution in [2.24, 2.45) is 0 Å². The molecule has 1 aromatic carbocycles. The zero-order valence-electron chi connectivity index (χ0n) is 12.1. The molecule has 0 saturated carbocycles. The molecule has 0 radical (unpaired) electrons. The van der Waals surface area contributed by atoms with Gasteiger partial charge in [0.25, 0.3) is 0 Å². The van der Waals surface area contributed by atoms with Crippen molar-refractivity contribution in [1.29, 1.82) is 0 Å². The second kappa shape index (κ2) is 6.93. The third-order valence-electron chi connectivity index (χ3n) is 3.11. The van der Waals surface area contributed by atoms with Gasteiger partial charge in [0.15, 0.2) is 5.82 Å². The number of carbonyl (C=O) groups is 1. The molecule has 0 spiro atoms. The number of benzene rings is 1. The highest BCUT2D eigenvalue weighted by Gasteiger charge is 2.03. The van der Waals surface area contributed by atoms with Crippen LogP contribution in [0.1, 0.15) is 5.56 Å². The molecular formula is C16H14ClN5O. The van der Waals surface area contributed by atoms with Crippen LogP contribution in [0.3, 0.4) is 0 Å². The average molecular weight is 328 g/mol. The molecule has 3 rings (SSSR count). The number of nitrogens with one attached hydrogen (secondary N) is 2. The van der Waals surface area contributed by atoms with E-state index in [0.717, 1.165) is 5.56 Å². The number of carbonyl (C=O) groups excluding carboxylic acids is 1. The van der Waals surface area contributed by atoms with E-state index in [0.29, 0.717) is 23.1 Å². The molecule has 2 N–H and O–H groups in total. The molecule has 6 nitrogen and oxygen atoms in total. The Bertz CT molecular complexity index is 769. The minimum absolute atomic E-state index is 0.298. The Morgan fingerprint density at radius 1 is 1.17 bits per heavy atom. The van der Waals surface area contributed by atoms with E-state index in [1.54, 1.807) is 47.5 Å². The molecule has 2 amide bonds. The third-order valence-corrected chi connectivity index (χ3v) is 3.36. The van der Waals surface area contributed by atoms with E-state index >= 15 is 0 Å². The Hall–Kier alpha value is -2.86. The lowest BCUT2D eigenvalue weighted by molar-refractivity contribution is 0.251. The van der Waals surface area contributed by atoms with Crippen LogP contribution in [0.25, 0.3) is 5.82 Å². The van der Waals surface area contributed by atoms with Gasteiger partial charge in [0.05, 0.1) is 11.9 Å². The number of hydrogen-bond acceptors (Lipinski definition) is 3. The van der Waals surface area contributed by atoms with Gasteiger partial charge in [-0.25, -0.2) is 14.5 Å². The Morgan fingerprint density at radius 2 is 2.00 bits per heavy atom. The van der Waals surface area contributed by atoms with Gasteiger partial charge in [-0.05, 0) is 35.9 Å². The van der Waals surface area contributed by atoms with Gasteiger partial charge in [-0.15, -0.1) is 0 Å². The molecule has 7 heteroatoms. The third kappa shape index (κ3) is 4.08. The van der Waals surface area contributed by atoms with E-state index in [-0.39, 0.29) is 6.03 Å². The van der Waals surface area contributed by atoms with E-state index in [1.807, 2.05) is 18.2 Å². The highest BCUT2D eigenvalue weighted by molar-refractivity contribution is 6.30. The maximum Gasteiger partial charge on any atom is 0.319 e. The maximum atomic E-state index is 11.9. The predicted octanol–water partition coefficient (Wildman–Crippen LogP) is 3.24. The molecule has 0 unspecified atom stereocenters. The number of nitrogens with zero attached hydrogens (tertiary/aromatic N) is 3. The average Bonchev–Trinajstić information content (AvgIpc) is 3.09. The summed E-state index contributed by atoms with van der Waals surface area (Å²) < 4.78 is 1.64. The molecule has 0 bridgehead atoms. The van der Waals surface area contributed by atoms with Crippen LogP contribution in [0, 0.1) is 0 Å². The second-order valence-electron chi connectivity index (χ2n) is 4.79. The van der Waals surface area contributed by atoms with Crippen molar-refractivity contribution in [3.8, 4) is 5.82 Å². The molecule has 0 aliphatic carbocycles. The Balaban J connectivity index is 1.54. The van der Waals surface area contributed by atoms with E-state index < -0.39 is 0 Å². The summed E-state index contributed by atoms with van der Waals surface area (Å²) in [5.41, 5.74) is 1.58. The first-order valence-electron chi connectivity index (χ1n) is 6.96. The van der Waals surface area contributed by atoms with Crippen LogP contribution in [0.5, 0.6) is 0 Å². The summed E-state index contributed by atoms with van der Waals surface area (Å²) in [4.78, 5) is 16.1. The minimum atomic E-state index is -0.298. The SMILES string of the molecule is O=C(NCc1ccc(Cl)cc1)Nc1ccc(-n2cccn2)nc1. The van der Waals surface area contributed by atoms with Gasteiger partial charge < -0.3 is 10.6 Å². The lowest BCUT2D eigenvalue weighted by atomic mass is 10.2. The molecule has 0 fully saturated rings. The first-order valence-corrected chi connectivity index (χ1v) is 7.34. The standard InChI is InChI=1S/C16H14ClN5O/c17-13-4-2-12(3-5-13)10-19-16(23)21-14-6-7-15(18-11-14)22-9-1-8-20-22/h1-9,11H,10H2,(H2,19,21,23). The van der Waals surface area contributed by atoms with Crippen LogP contribution in [-0.4, -0.2) is 20.8 Å². The fourth-order valence-electron chi connectivity index (χ4n) is 1.96. The van der Waals surface area contributed by atoms with Crippen molar-refractivity contribution in [3.63, 3.8) is 0 Å². The number of anilines is 1. The molecule has 2 heterocycles. The maximum absolute atomic E-state index is 11.9. The molecule has 23 heavy (non-hydrogen) atoms. The number of halogens is 1. The van der Waals surface area contributed by atoms with Gasteiger partial charge in [0.1, 0.15) is 0 Å². The molecular weight excluding hydrogens is 314 g/mol. The number of pyridine rings is 1. The van der Waals surface area contributed by atoms with Gasteiger partial charge in [-0.3, -0.25) is 0 Å². The second-order valence-corrected chi connectivity index (χ2v) is 5.23. The van der Waals surface area contributed by atoms with E-state index in [4.69, 9.17) is 11.6 Å². The Labute approximate surface area is 138 Å². The number of aromatic nitrogens is 3. The van der Waals surface area contributed by atoms with Crippen molar-refractivity contribution in [1.82, 2.24) is 20.1 Å². The number of rotatable bonds is 4. The Morgan fingerprint density at radius 3 is 2.65 bits per heavy atom. The number of amides is 2. The topological polar surface area (TPSA) is 71.8 Å². The fourth-order valence-corrected chi connectivity index (χ4v) is 2.09. The van der Waals surface area contributed by atoms with Gasteiger partial charge in [-0.2, -0.15) is 5.10 Å². The Kier molecular flexibility index (Phi) is 4.54. The van der Waals surface area contributed by atoms with Crippen LogP contribution in [0.4, 0.5) is 10.5 Å². The molecule has 0 saturated heterocycles. The van der Waals surface area contributed by atoms with Gasteiger partial charge in [0, 0.05) is 24.0 Å². The summed E-state index contributed by atoms with van der Waals surface area (Å²) in [5.74, 6) is 0.683. The van der Waals surface area contributed by atoms with Crippen LogP contribution >= 0.6 is 11.6 Å². The fraction of sp³-hybridized carbons (Fsp3) is 0.0625. The zero-order chi connectivity index (χ0) is 16.1. The molecule has 0 aliphatic heterocycles. The molecule has 3 aromatic rings. The predicted molar refractivity (Wildman–Crippen MR) is 88.7 cm³/mol. The van der Waals surface area contributed by atoms with Crippen LogP contribution in [0.15, 0.2) is 61.1 Å². The number of hydrogen-bond donors (Lipinski definition) is 2. The molecule has 2 aromatic heterocycles. The van der Waals surface area contributed by atoms with E-state index in [9.17, 15) is 4.79 Å². The highest BCUT2D eigenvalue weighted by atomic mass is 35.5. The minimum Gasteiger partial charge on any atom is -0.334 e. The van der Waals surface area contributed by atoms with Crippen molar-refractivity contribution in [2.75, 3.05) is 5.32 Å². The highest BCUT2D eigenvalue weighted by Crippen LogP contribution is 2.10. The summed E-state index contributed by atoms with van der Waals surface area (Å²) >= 11 is 5.82. The molecule has 116 valence electrons. The molecule has 0 atom stereocenters. The van der Waals surface area contributed by atoms with Crippen molar-refractivity contribution < 1.29 is 4.79 Å². The first kappa shape index (κ1) is 15.1. The number of urea groups is 1. The lowest BCUT2D eigenvalue weighted by Crippen LogP contribution is -2.28. The summed E-state index contributed by atoms with van der Waals surface area (Å²) in [5, 5.41) is 10.3. The van der Waals surface area contributed by atoms with Crippen LogP contribution in [0.2, 0.25) is 5.02 Å². The summed E-state index contributed by atoms with van der Waals surface area (Å²) in [6, 6.07) is 12.4. The zero-order valence-corrected chi connectivity index (χ0v) is 12.9. The van der Waals surface area contributed by atoms with Crippen molar-refractivity contribution in [2.45, 2.75) is 6.54 Å². The van der Waals surface area contributed by atoms with Gasteiger partial charge >= 0.3 is 6.03 Å².